The van der Waals surface area contributed by atoms with Crippen LogP contribution in [-0.4, -0.2) is 34.1 Å². The Labute approximate surface area is 120 Å². The van der Waals surface area contributed by atoms with E-state index >= 15 is 0 Å². The van der Waals surface area contributed by atoms with Gasteiger partial charge >= 0.3 is 0 Å². The summed E-state index contributed by atoms with van der Waals surface area (Å²) in [4.78, 5) is 16.5. The van der Waals surface area contributed by atoms with Gasteiger partial charge in [-0.25, -0.2) is 4.98 Å². The van der Waals surface area contributed by atoms with Crippen molar-refractivity contribution in [3.05, 3.63) is 18.7 Å². The number of nitrogens with zero attached hydrogens (tertiary/aromatic N) is 2. The first-order valence-electron chi connectivity index (χ1n) is 7.75. The molecular formula is C15H24N4O. The Morgan fingerprint density at radius 2 is 2.30 bits per heavy atom. The lowest BCUT2D eigenvalue weighted by Gasteiger charge is -2.30. The summed E-state index contributed by atoms with van der Waals surface area (Å²) in [5, 5.41) is 6.60. The average molecular weight is 276 g/mol. The molecule has 2 fully saturated rings. The predicted molar refractivity (Wildman–Crippen MR) is 77.2 cm³/mol. The Hall–Kier alpha value is -1.36. The van der Waals surface area contributed by atoms with Crippen molar-refractivity contribution in [3.8, 4) is 0 Å². The Kier molecular flexibility index (Phi) is 4.05. The molecule has 3 rings (SSSR count). The highest BCUT2D eigenvalue weighted by atomic mass is 16.2. The molecule has 0 radical (unpaired) electrons. The number of amides is 1. The Morgan fingerprint density at radius 3 is 3.05 bits per heavy atom. The van der Waals surface area contributed by atoms with Crippen molar-refractivity contribution < 1.29 is 4.79 Å². The SMILES string of the molecule is CC1CCNC(C(=O)NC2CCCC2n2ccnc2)C1. The van der Waals surface area contributed by atoms with Crippen LogP contribution in [0.1, 0.15) is 45.1 Å². The highest BCUT2D eigenvalue weighted by molar-refractivity contribution is 5.82. The molecular weight excluding hydrogens is 252 g/mol. The van der Waals surface area contributed by atoms with Crippen LogP contribution in [0, 0.1) is 5.92 Å². The maximum atomic E-state index is 12.4. The van der Waals surface area contributed by atoms with Gasteiger partial charge in [0.1, 0.15) is 0 Å². The number of nitrogens with one attached hydrogen (secondary N) is 2. The van der Waals surface area contributed by atoms with E-state index in [0.717, 1.165) is 25.8 Å². The summed E-state index contributed by atoms with van der Waals surface area (Å²) in [5.41, 5.74) is 0. The van der Waals surface area contributed by atoms with Crippen molar-refractivity contribution in [2.24, 2.45) is 5.92 Å². The van der Waals surface area contributed by atoms with Crippen LogP contribution < -0.4 is 10.6 Å². The summed E-state index contributed by atoms with van der Waals surface area (Å²) < 4.78 is 2.13. The lowest BCUT2D eigenvalue weighted by atomic mass is 9.93. The quantitative estimate of drug-likeness (QED) is 0.879. The fourth-order valence-corrected chi connectivity index (χ4v) is 3.52. The molecule has 2 N–H and O–H groups in total. The zero-order chi connectivity index (χ0) is 13.9. The minimum atomic E-state index is -0.0113. The first-order valence-corrected chi connectivity index (χ1v) is 7.75. The van der Waals surface area contributed by atoms with E-state index in [1.54, 1.807) is 0 Å². The van der Waals surface area contributed by atoms with E-state index in [9.17, 15) is 4.79 Å². The van der Waals surface area contributed by atoms with Crippen LogP contribution in [0.25, 0.3) is 0 Å². The van der Waals surface area contributed by atoms with Crippen LogP contribution in [-0.2, 0) is 4.79 Å². The van der Waals surface area contributed by atoms with Crippen LogP contribution in [0.3, 0.4) is 0 Å². The highest BCUT2D eigenvalue weighted by Crippen LogP contribution is 2.30. The van der Waals surface area contributed by atoms with Gasteiger partial charge < -0.3 is 15.2 Å². The van der Waals surface area contributed by atoms with Gasteiger partial charge in [0.05, 0.1) is 18.4 Å². The first-order chi connectivity index (χ1) is 9.74. The maximum absolute atomic E-state index is 12.4. The number of hydrogen-bond donors (Lipinski definition) is 2. The third-order valence-electron chi connectivity index (χ3n) is 4.70. The molecule has 20 heavy (non-hydrogen) atoms. The molecule has 1 saturated carbocycles. The Bertz CT molecular complexity index is 445. The minimum Gasteiger partial charge on any atom is -0.350 e. The van der Waals surface area contributed by atoms with E-state index in [1.165, 1.54) is 12.8 Å². The summed E-state index contributed by atoms with van der Waals surface area (Å²) in [7, 11) is 0. The zero-order valence-corrected chi connectivity index (χ0v) is 12.1. The second-order valence-corrected chi connectivity index (χ2v) is 6.26. The van der Waals surface area contributed by atoms with Crippen molar-refractivity contribution in [1.29, 1.82) is 0 Å². The number of piperidine rings is 1. The largest absolute Gasteiger partial charge is 0.350 e. The summed E-state index contributed by atoms with van der Waals surface area (Å²) in [5.74, 6) is 0.814. The molecule has 5 nitrogen and oxygen atoms in total. The molecule has 1 aliphatic heterocycles. The summed E-state index contributed by atoms with van der Waals surface area (Å²) in [6, 6.07) is 0.598. The van der Waals surface area contributed by atoms with E-state index in [0.29, 0.717) is 12.0 Å². The third-order valence-corrected chi connectivity index (χ3v) is 4.70. The van der Waals surface area contributed by atoms with Crippen molar-refractivity contribution in [2.45, 2.75) is 57.2 Å². The van der Waals surface area contributed by atoms with Gasteiger partial charge in [0.15, 0.2) is 0 Å². The topological polar surface area (TPSA) is 59.0 Å². The molecule has 0 spiro atoms. The first kappa shape index (κ1) is 13.6. The highest BCUT2D eigenvalue weighted by Gasteiger charge is 2.32. The lowest BCUT2D eigenvalue weighted by Crippen LogP contribution is -2.51. The zero-order valence-electron chi connectivity index (χ0n) is 12.1. The monoisotopic (exact) mass is 276 g/mol. The molecule has 1 aromatic rings. The van der Waals surface area contributed by atoms with E-state index in [-0.39, 0.29) is 18.0 Å². The molecule has 1 saturated heterocycles. The van der Waals surface area contributed by atoms with Gasteiger partial charge in [0.2, 0.25) is 5.91 Å². The van der Waals surface area contributed by atoms with Crippen LogP contribution in [0.5, 0.6) is 0 Å². The van der Waals surface area contributed by atoms with Gasteiger partial charge in [-0.2, -0.15) is 0 Å². The molecule has 2 heterocycles. The number of imidazole rings is 1. The van der Waals surface area contributed by atoms with Gasteiger partial charge in [-0.05, 0) is 44.6 Å². The smallest absolute Gasteiger partial charge is 0.237 e. The van der Waals surface area contributed by atoms with Crippen molar-refractivity contribution in [3.63, 3.8) is 0 Å². The maximum Gasteiger partial charge on any atom is 0.237 e. The third kappa shape index (κ3) is 2.87. The van der Waals surface area contributed by atoms with E-state index in [1.807, 2.05) is 18.7 Å². The molecule has 1 aromatic heterocycles. The Balaban J connectivity index is 1.60. The predicted octanol–water partition coefficient (Wildman–Crippen LogP) is 1.48. The van der Waals surface area contributed by atoms with E-state index < -0.39 is 0 Å². The average Bonchev–Trinajstić information content (AvgIpc) is 3.08. The van der Waals surface area contributed by atoms with Crippen LogP contribution >= 0.6 is 0 Å². The second kappa shape index (κ2) is 5.95. The van der Waals surface area contributed by atoms with Crippen LogP contribution in [0.4, 0.5) is 0 Å². The molecule has 2 aliphatic rings. The number of rotatable bonds is 3. The van der Waals surface area contributed by atoms with Crippen molar-refractivity contribution in [1.82, 2.24) is 20.2 Å². The molecule has 4 unspecified atom stereocenters. The van der Waals surface area contributed by atoms with Gasteiger partial charge in [0, 0.05) is 18.4 Å². The summed E-state index contributed by atoms with van der Waals surface area (Å²) >= 11 is 0. The fraction of sp³-hybridized carbons (Fsp3) is 0.733. The van der Waals surface area contributed by atoms with E-state index in [4.69, 9.17) is 0 Å². The van der Waals surface area contributed by atoms with Gasteiger partial charge in [-0.1, -0.05) is 6.92 Å². The molecule has 110 valence electrons. The van der Waals surface area contributed by atoms with Gasteiger partial charge in [-0.15, -0.1) is 0 Å². The minimum absolute atomic E-state index is 0.0113. The number of aromatic nitrogens is 2. The van der Waals surface area contributed by atoms with E-state index in [2.05, 4.69) is 27.1 Å². The number of carbonyl (C=O) groups is 1. The van der Waals surface area contributed by atoms with Crippen molar-refractivity contribution >= 4 is 5.91 Å². The summed E-state index contributed by atoms with van der Waals surface area (Å²) in [6.07, 6.45) is 11.1. The molecule has 5 heteroatoms. The van der Waals surface area contributed by atoms with Crippen LogP contribution in [0.15, 0.2) is 18.7 Å². The van der Waals surface area contributed by atoms with Crippen LogP contribution in [0.2, 0.25) is 0 Å². The molecule has 0 aromatic carbocycles. The van der Waals surface area contributed by atoms with Gasteiger partial charge in [-0.3, -0.25) is 4.79 Å². The summed E-state index contributed by atoms with van der Waals surface area (Å²) in [6.45, 7) is 3.18. The lowest BCUT2D eigenvalue weighted by molar-refractivity contribution is -0.124. The fourth-order valence-electron chi connectivity index (χ4n) is 3.52. The van der Waals surface area contributed by atoms with Gasteiger partial charge in [0.25, 0.3) is 0 Å². The molecule has 4 atom stereocenters. The molecule has 1 amide bonds. The standard InChI is InChI=1S/C15H24N4O/c1-11-5-6-17-13(9-11)15(20)18-12-3-2-4-14(12)19-8-7-16-10-19/h7-8,10-14,17H,2-6,9H2,1H3,(H,18,20). The second-order valence-electron chi connectivity index (χ2n) is 6.26. The molecule has 0 bridgehead atoms. The number of carbonyl (C=O) groups excluding carboxylic acids is 1. The van der Waals surface area contributed by atoms with Crippen molar-refractivity contribution in [2.75, 3.05) is 6.54 Å². The molecule has 1 aliphatic carbocycles. The number of hydrogen-bond acceptors (Lipinski definition) is 3. The Morgan fingerprint density at radius 1 is 1.40 bits per heavy atom. The normalized spacial score (nSPS) is 34.0.